The Bertz CT molecular complexity index is 1460. The van der Waals surface area contributed by atoms with Crippen molar-refractivity contribution in [2.45, 2.75) is 33.1 Å². The number of fused-ring (bicyclic) bond motifs is 1. The van der Waals surface area contributed by atoms with Gasteiger partial charge in [0.05, 0.1) is 16.3 Å². The van der Waals surface area contributed by atoms with E-state index in [1.165, 1.54) is 22.6 Å². The van der Waals surface area contributed by atoms with Gasteiger partial charge < -0.3 is 5.32 Å². The van der Waals surface area contributed by atoms with E-state index in [1.807, 2.05) is 49.4 Å². The first kappa shape index (κ1) is 24.6. The maximum Gasteiger partial charge on any atom is 0.276 e. The Morgan fingerprint density at radius 1 is 1.00 bits per heavy atom. The van der Waals surface area contributed by atoms with Crippen LogP contribution in [-0.4, -0.2) is 22.7 Å². The normalized spacial score (nSPS) is 18.2. The molecule has 3 aromatic carbocycles. The smallest absolute Gasteiger partial charge is 0.276 e. The van der Waals surface area contributed by atoms with Crippen molar-refractivity contribution in [1.82, 2.24) is 0 Å². The Morgan fingerprint density at radius 3 is 2.49 bits per heavy atom. The fourth-order valence-corrected chi connectivity index (χ4v) is 5.06. The summed E-state index contributed by atoms with van der Waals surface area (Å²) in [6, 6.07) is 19.4. The molecule has 2 heterocycles. The van der Waals surface area contributed by atoms with Crippen LogP contribution in [0.3, 0.4) is 0 Å². The van der Waals surface area contributed by atoms with E-state index in [2.05, 4.69) is 22.4 Å². The minimum absolute atomic E-state index is 0.199. The van der Waals surface area contributed by atoms with Crippen LogP contribution in [0, 0.1) is 12.7 Å². The molecule has 0 aliphatic carbocycles. The van der Waals surface area contributed by atoms with Crippen molar-refractivity contribution in [2.24, 2.45) is 10.2 Å². The molecule has 6 nitrogen and oxygen atoms in total. The predicted molar refractivity (Wildman–Crippen MR) is 148 cm³/mol. The second kappa shape index (κ2) is 10.5. The van der Waals surface area contributed by atoms with Crippen LogP contribution >= 0.6 is 11.8 Å². The van der Waals surface area contributed by atoms with E-state index in [1.54, 1.807) is 18.2 Å². The van der Waals surface area contributed by atoms with E-state index < -0.39 is 0 Å². The maximum atomic E-state index is 13.5. The summed E-state index contributed by atoms with van der Waals surface area (Å²) in [6.45, 7) is 4.09. The second-order valence-electron chi connectivity index (χ2n) is 8.91. The lowest BCUT2D eigenvalue weighted by molar-refractivity contribution is -0.113. The number of halogens is 1. The number of anilines is 2. The number of amides is 2. The quantitative estimate of drug-likeness (QED) is 0.311. The van der Waals surface area contributed by atoms with Gasteiger partial charge in [-0.2, -0.15) is 0 Å². The van der Waals surface area contributed by atoms with E-state index in [4.69, 9.17) is 0 Å². The molecule has 37 heavy (non-hydrogen) atoms. The number of rotatable bonds is 6. The third-order valence-electron chi connectivity index (χ3n) is 6.12. The Balaban J connectivity index is 1.53. The van der Waals surface area contributed by atoms with E-state index in [0.717, 1.165) is 36.6 Å². The summed E-state index contributed by atoms with van der Waals surface area (Å²) in [4.78, 5) is 28.0. The molecule has 0 radical (unpaired) electrons. The molecule has 0 spiro atoms. The Labute approximate surface area is 219 Å². The highest BCUT2D eigenvalue weighted by Gasteiger charge is 2.35. The van der Waals surface area contributed by atoms with Crippen molar-refractivity contribution in [1.29, 1.82) is 0 Å². The molecule has 1 saturated heterocycles. The van der Waals surface area contributed by atoms with Crippen molar-refractivity contribution in [3.8, 4) is 0 Å². The van der Waals surface area contributed by atoms with Gasteiger partial charge >= 0.3 is 0 Å². The van der Waals surface area contributed by atoms with Gasteiger partial charge in [0.25, 0.3) is 11.8 Å². The summed E-state index contributed by atoms with van der Waals surface area (Å²) in [6.07, 6.45) is 4.87. The van der Waals surface area contributed by atoms with Crippen LogP contribution in [0.2, 0.25) is 0 Å². The number of nitrogens with one attached hydrogen (secondary N) is 1. The average molecular weight is 513 g/mol. The molecule has 0 atom stereocenters. The van der Waals surface area contributed by atoms with Gasteiger partial charge in [-0.3, -0.25) is 14.5 Å². The standard InChI is InChI=1S/C29H25FN4O2S/c1-3-4-5-19-9-13-22(14-10-19)34-28(36)25(17-20-7-11-21(30)12-8-20)37-29(34)33-32-26-23-16-18(2)6-15-24(23)31-27(26)35/h6-17H,3-5H2,1-2H3,(H,31,32,35). The summed E-state index contributed by atoms with van der Waals surface area (Å²) >= 11 is 1.16. The Morgan fingerprint density at radius 2 is 1.76 bits per heavy atom. The van der Waals surface area contributed by atoms with Crippen LogP contribution in [0.4, 0.5) is 15.8 Å². The average Bonchev–Trinajstić information content (AvgIpc) is 3.37. The van der Waals surface area contributed by atoms with Gasteiger partial charge in [-0.15, -0.1) is 10.2 Å². The van der Waals surface area contributed by atoms with Gasteiger partial charge in [-0.05, 0) is 85.1 Å². The molecular weight excluding hydrogens is 487 g/mol. The van der Waals surface area contributed by atoms with E-state index in [-0.39, 0.29) is 23.3 Å². The molecule has 0 saturated carbocycles. The lowest BCUT2D eigenvalue weighted by atomic mass is 10.1. The molecule has 2 amide bonds. The molecule has 186 valence electrons. The van der Waals surface area contributed by atoms with Gasteiger partial charge in [0, 0.05) is 5.56 Å². The number of carbonyl (C=O) groups excluding carboxylic acids is 2. The number of benzene rings is 3. The third-order valence-corrected chi connectivity index (χ3v) is 7.08. The number of hydrogen-bond acceptors (Lipinski definition) is 5. The zero-order valence-electron chi connectivity index (χ0n) is 20.5. The van der Waals surface area contributed by atoms with Crippen LogP contribution in [0.1, 0.15) is 42.0 Å². The summed E-state index contributed by atoms with van der Waals surface area (Å²) in [5.74, 6) is -0.948. The zero-order valence-corrected chi connectivity index (χ0v) is 21.3. The summed E-state index contributed by atoms with van der Waals surface area (Å²) in [7, 11) is 0. The van der Waals surface area contributed by atoms with Crippen molar-refractivity contribution in [3.05, 3.63) is 99.7 Å². The minimum Gasteiger partial charge on any atom is -0.320 e. The number of thioether (sulfide) groups is 1. The molecule has 3 aromatic rings. The molecule has 2 aliphatic rings. The summed E-state index contributed by atoms with van der Waals surface area (Å²) in [5.41, 5.74) is 5.10. The molecular formula is C29H25FN4O2S. The van der Waals surface area contributed by atoms with Crippen molar-refractivity contribution in [3.63, 3.8) is 0 Å². The van der Waals surface area contributed by atoms with Gasteiger partial charge in [0.1, 0.15) is 5.82 Å². The molecule has 0 bridgehead atoms. The van der Waals surface area contributed by atoms with Crippen molar-refractivity contribution in [2.75, 3.05) is 10.2 Å². The Kier molecular flexibility index (Phi) is 7.01. The zero-order chi connectivity index (χ0) is 25.9. The first-order valence-corrected chi connectivity index (χ1v) is 12.9. The second-order valence-corrected chi connectivity index (χ2v) is 9.92. The highest BCUT2D eigenvalue weighted by Crippen LogP contribution is 2.36. The molecule has 0 aromatic heterocycles. The van der Waals surface area contributed by atoms with E-state index in [0.29, 0.717) is 32.6 Å². The molecule has 0 unspecified atom stereocenters. The molecule has 1 N–H and O–H groups in total. The molecule has 8 heteroatoms. The fraction of sp³-hybridized carbons (Fsp3) is 0.172. The first-order valence-electron chi connectivity index (χ1n) is 12.1. The highest BCUT2D eigenvalue weighted by molar-refractivity contribution is 8.19. The largest absolute Gasteiger partial charge is 0.320 e. The summed E-state index contributed by atoms with van der Waals surface area (Å²) < 4.78 is 13.4. The highest BCUT2D eigenvalue weighted by atomic mass is 32.2. The van der Waals surface area contributed by atoms with Crippen LogP contribution in [0.15, 0.2) is 81.8 Å². The minimum atomic E-state index is -0.347. The Hall–Kier alpha value is -4.04. The molecule has 2 aliphatic heterocycles. The van der Waals surface area contributed by atoms with Crippen LogP contribution in [0.25, 0.3) is 6.08 Å². The van der Waals surface area contributed by atoms with Gasteiger partial charge in [0.15, 0.2) is 5.71 Å². The van der Waals surface area contributed by atoms with Gasteiger partial charge in [-0.25, -0.2) is 4.39 Å². The first-order chi connectivity index (χ1) is 17.9. The van der Waals surface area contributed by atoms with E-state index in [9.17, 15) is 14.0 Å². The molecule has 1 fully saturated rings. The van der Waals surface area contributed by atoms with Crippen molar-refractivity contribution < 1.29 is 14.0 Å². The van der Waals surface area contributed by atoms with Crippen molar-refractivity contribution >= 4 is 51.9 Å². The lowest BCUT2D eigenvalue weighted by Gasteiger charge is -2.15. The van der Waals surface area contributed by atoms with Crippen LogP contribution in [0.5, 0.6) is 0 Å². The number of carbonyl (C=O) groups is 2. The SMILES string of the molecule is CCCCc1ccc(N2C(=O)C(=Cc3ccc(F)cc3)SC2=NN=C2C(=O)Nc3ccc(C)cc32)cc1. The number of hydrogen-bond donors (Lipinski definition) is 1. The number of amidine groups is 1. The van der Waals surface area contributed by atoms with E-state index >= 15 is 0 Å². The van der Waals surface area contributed by atoms with Gasteiger partial charge in [0.2, 0.25) is 5.17 Å². The summed E-state index contributed by atoms with van der Waals surface area (Å²) in [5, 5.41) is 11.8. The predicted octanol–water partition coefficient (Wildman–Crippen LogP) is 6.31. The lowest BCUT2D eigenvalue weighted by Crippen LogP contribution is -2.28. The van der Waals surface area contributed by atoms with Crippen LogP contribution < -0.4 is 10.2 Å². The topological polar surface area (TPSA) is 74.1 Å². The third kappa shape index (κ3) is 5.24. The van der Waals surface area contributed by atoms with Gasteiger partial charge in [-0.1, -0.05) is 49.2 Å². The van der Waals surface area contributed by atoms with Crippen LogP contribution in [-0.2, 0) is 16.0 Å². The fourth-order valence-electron chi connectivity index (χ4n) is 4.13. The molecule has 5 rings (SSSR count). The monoisotopic (exact) mass is 512 g/mol. The number of nitrogens with zero attached hydrogens (tertiary/aromatic N) is 3. The number of aryl methyl sites for hydroxylation is 2. The number of unbranched alkanes of at least 4 members (excludes halogenated alkanes) is 1. The maximum absolute atomic E-state index is 13.5.